The van der Waals surface area contributed by atoms with Crippen molar-refractivity contribution in [1.29, 1.82) is 0 Å². The number of carbonyl (C=O) groups is 1. The number of benzene rings is 1. The third-order valence-electron chi connectivity index (χ3n) is 2.77. The average Bonchev–Trinajstić information content (AvgIpc) is 2.52. The zero-order chi connectivity index (χ0) is 15.1. The van der Waals surface area contributed by atoms with Gasteiger partial charge >= 0.3 is 0 Å². The average molecular weight is 282 g/mol. The Morgan fingerprint density at radius 3 is 2.57 bits per heavy atom. The van der Waals surface area contributed by atoms with Crippen molar-refractivity contribution in [3.05, 3.63) is 69.6 Å². The molecule has 0 unspecified atom stereocenters. The maximum absolute atomic E-state index is 11.9. The Morgan fingerprint density at radius 1 is 1.19 bits per heavy atom. The number of amides is 1. The Balaban J connectivity index is 1.95. The van der Waals surface area contributed by atoms with Gasteiger partial charge in [0.1, 0.15) is 6.61 Å². The van der Waals surface area contributed by atoms with Gasteiger partial charge in [-0.25, -0.2) is 0 Å². The molecule has 0 spiro atoms. The van der Waals surface area contributed by atoms with E-state index in [0.717, 1.165) is 11.1 Å². The maximum atomic E-state index is 11.9. The number of hydrogen-bond donors (Lipinski definition) is 3. The van der Waals surface area contributed by atoms with Gasteiger partial charge in [-0.3, -0.25) is 9.59 Å². The third-order valence-corrected chi connectivity index (χ3v) is 2.77. The zero-order valence-corrected chi connectivity index (χ0v) is 11.2. The molecule has 0 radical (unpaired) electrons. The summed E-state index contributed by atoms with van der Waals surface area (Å²) in [4.78, 5) is 25.2. The van der Waals surface area contributed by atoms with Crippen LogP contribution < -0.4 is 10.9 Å². The molecule has 0 aliphatic rings. The maximum Gasteiger partial charge on any atom is 0.253 e. The highest BCUT2D eigenvalue weighted by Crippen LogP contribution is 2.03. The van der Waals surface area contributed by atoms with E-state index in [1.165, 1.54) is 18.3 Å². The van der Waals surface area contributed by atoms with E-state index >= 15 is 0 Å². The molecule has 0 fully saturated rings. The first-order chi connectivity index (χ1) is 10.2. The van der Waals surface area contributed by atoms with Crippen LogP contribution in [-0.4, -0.2) is 22.6 Å². The molecular weight excluding hydrogens is 268 g/mol. The Bertz CT molecular complexity index is 716. The molecule has 21 heavy (non-hydrogen) atoms. The molecule has 106 valence electrons. The number of H-pyrrole nitrogens is 1. The largest absolute Gasteiger partial charge is 0.384 e. The van der Waals surface area contributed by atoms with Crippen molar-refractivity contribution in [3.63, 3.8) is 0 Å². The van der Waals surface area contributed by atoms with Crippen LogP contribution in [0.2, 0.25) is 0 Å². The Morgan fingerprint density at radius 2 is 1.95 bits per heavy atom. The van der Waals surface area contributed by atoms with Crippen LogP contribution in [0.3, 0.4) is 0 Å². The standard InChI is InChI=1S/C16H14N2O3/c19-9-1-2-12-3-5-13(6-4-12)10-18-16(21)14-7-8-15(20)17-11-14/h3-8,11,19H,9-10H2,(H,17,20)(H,18,21). The number of carbonyl (C=O) groups excluding carboxylic acids is 1. The van der Waals surface area contributed by atoms with E-state index < -0.39 is 0 Å². The summed E-state index contributed by atoms with van der Waals surface area (Å²) < 4.78 is 0. The van der Waals surface area contributed by atoms with Crippen LogP contribution in [0.15, 0.2) is 47.4 Å². The lowest BCUT2D eigenvalue weighted by Crippen LogP contribution is -2.23. The number of pyridine rings is 1. The number of rotatable bonds is 3. The SMILES string of the molecule is O=C(NCc1ccc(C#CCO)cc1)c1ccc(=O)[nH]c1. The van der Waals surface area contributed by atoms with Crippen molar-refractivity contribution in [1.82, 2.24) is 10.3 Å². The smallest absolute Gasteiger partial charge is 0.253 e. The van der Waals surface area contributed by atoms with Gasteiger partial charge in [0, 0.05) is 24.4 Å². The molecule has 0 bridgehead atoms. The summed E-state index contributed by atoms with van der Waals surface area (Å²) >= 11 is 0. The molecule has 3 N–H and O–H groups in total. The van der Waals surface area contributed by atoms with Crippen LogP contribution in [0.25, 0.3) is 0 Å². The van der Waals surface area contributed by atoms with Crippen molar-refractivity contribution in [2.75, 3.05) is 6.61 Å². The molecule has 2 aromatic rings. The van der Waals surface area contributed by atoms with E-state index in [4.69, 9.17) is 5.11 Å². The van der Waals surface area contributed by atoms with E-state index in [0.29, 0.717) is 12.1 Å². The van der Waals surface area contributed by atoms with Gasteiger partial charge in [0.2, 0.25) is 5.56 Å². The van der Waals surface area contributed by atoms with Crippen molar-refractivity contribution >= 4 is 5.91 Å². The summed E-state index contributed by atoms with van der Waals surface area (Å²) in [5.74, 6) is 5.11. The molecule has 1 amide bonds. The van der Waals surface area contributed by atoms with Gasteiger partial charge in [0.15, 0.2) is 0 Å². The van der Waals surface area contributed by atoms with Gasteiger partial charge in [-0.05, 0) is 23.8 Å². The Hall–Kier alpha value is -2.84. The summed E-state index contributed by atoms with van der Waals surface area (Å²) in [6, 6.07) is 10.1. The second-order valence-corrected chi connectivity index (χ2v) is 4.28. The Labute approximate surface area is 121 Å². The fourth-order valence-electron chi connectivity index (χ4n) is 1.68. The first-order valence-corrected chi connectivity index (χ1v) is 6.34. The van der Waals surface area contributed by atoms with Gasteiger partial charge in [-0.2, -0.15) is 0 Å². The molecule has 5 nitrogen and oxygen atoms in total. The molecule has 5 heteroatoms. The fourth-order valence-corrected chi connectivity index (χ4v) is 1.68. The Kier molecular flexibility index (Phi) is 4.91. The summed E-state index contributed by atoms with van der Waals surface area (Å²) in [6.07, 6.45) is 1.38. The monoisotopic (exact) mass is 282 g/mol. The molecule has 2 rings (SSSR count). The minimum atomic E-state index is -0.254. The van der Waals surface area contributed by atoms with Crippen molar-refractivity contribution in [3.8, 4) is 11.8 Å². The van der Waals surface area contributed by atoms with Crippen LogP contribution in [0, 0.1) is 11.8 Å². The summed E-state index contributed by atoms with van der Waals surface area (Å²) in [5, 5.41) is 11.4. The summed E-state index contributed by atoms with van der Waals surface area (Å²) in [6.45, 7) is 0.211. The second kappa shape index (κ2) is 7.08. The predicted octanol–water partition coefficient (Wildman–Crippen LogP) is 0.649. The molecule has 0 aliphatic heterocycles. The van der Waals surface area contributed by atoms with Crippen LogP contribution >= 0.6 is 0 Å². The summed E-state index contributed by atoms with van der Waals surface area (Å²) in [7, 11) is 0. The number of hydrogen-bond acceptors (Lipinski definition) is 3. The molecular formula is C16H14N2O3. The van der Waals surface area contributed by atoms with Crippen molar-refractivity contribution < 1.29 is 9.90 Å². The van der Waals surface area contributed by atoms with Crippen LogP contribution in [-0.2, 0) is 6.54 Å². The van der Waals surface area contributed by atoms with Crippen LogP contribution in [0.4, 0.5) is 0 Å². The molecule has 0 saturated carbocycles. The quantitative estimate of drug-likeness (QED) is 0.723. The third kappa shape index (κ3) is 4.34. The van der Waals surface area contributed by atoms with E-state index in [-0.39, 0.29) is 18.1 Å². The second-order valence-electron chi connectivity index (χ2n) is 4.28. The number of aromatic amines is 1. The normalized spacial score (nSPS) is 9.57. The van der Waals surface area contributed by atoms with Gasteiger partial charge in [0.05, 0.1) is 5.56 Å². The predicted molar refractivity (Wildman–Crippen MR) is 78.6 cm³/mol. The highest BCUT2D eigenvalue weighted by molar-refractivity contribution is 5.93. The van der Waals surface area contributed by atoms with Gasteiger partial charge < -0.3 is 15.4 Å². The molecule has 0 saturated heterocycles. The lowest BCUT2D eigenvalue weighted by atomic mass is 10.1. The topological polar surface area (TPSA) is 82.2 Å². The van der Waals surface area contributed by atoms with E-state index in [1.54, 1.807) is 0 Å². The van der Waals surface area contributed by atoms with E-state index in [2.05, 4.69) is 22.1 Å². The molecule has 0 aliphatic carbocycles. The molecule has 1 aromatic carbocycles. The molecule has 0 atom stereocenters. The zero-order valence-electron chi connectivity index (χ0n) is 11.2. The number of aromatic nitrogens is 1. The first kappa shape index (κ1) is 14.6. The van der Waals surface area contributed by atoms with Gasteiger partial charge in [-0.1, -0.05) is 24.0 Å². The summed E-state index contributed by atoms with van der Waals surface area (Å²) in [5.41, 5.74) is 1.90. The fraction of sp³-hybridized carbons (Fsp3) is 0.125. The number of nitrogens with one attached hydrogen (secondary N) is 2. The lowest BCUT2D eigenvalue weighted by molar-refractivity contribution is 0.0950. The number of aliphatic hydroxyl groups is 1. The minimum absolute atomic E-state index is 0.170. The highest BCUT2D eigenvalue weighted by atomic mass is 16.2. The van der Waals surface area contributed by atoms with E-state index in [1.807, 2.05) is 24.3 Å². The lowest BCUT2D eigenvalue weighted by Gasteiger charge is -2.05. The van der Waals surface area contributed by atoms with Gasteiger partial charge in [-0.15, -0.1) is 0 Å². The van der Waals surface area contributed by atoms with Gasteiger partial charge in [0.25, 0.3) is 5.91 Å². The van der Waals surface area contributed by atoms with Crippen LogP contribution in [0.1, 0.15) is 21.5 Å². The van der Waals surface area contributed by atoms with Crippen molar-refractivity contribution in [2.45, 2.75) is 6.54 Å². The minimum Gasteiger partial charge on any atom is -0.384 e. The highest BCUT2D eigenvalue weighted by Gasteiger charge is 2.04. The number of aliphatic hydroxyl groups excluding tert-OH is 1. The molecule has 1 heterocycles. The first-order valence-electron chi connectivity index (χ1n) is 6.34. The van der Waals surface area contributed by atoms with Crippen molar-refractivity contribution in [2.24, 2.45) is 0 Å². The van der Waals surface area contributed by atoms with Crippen LogP contribution in [0.5, 0.6) is 0 Å². The van der Waals surface area contributed by atoms with E-state index in [9.17, 15) is 9.59 Å². The molecule has 1 aromatic heterocycles.